The highest BCUT2D eigenvalue weighted by molar-refractivity contribution is 7.99. The Hall–Kier alpha value is -2.12. The van der Waals surface area contributed by atoms with Gasteiger partial charge in [-0.3, -0.25) is 0 Å². The lowest BCUT2D eigenvalue weighted by Crippen LogP contribution is -2.16. The molecule has 1 heterocycles. The van der Waals surface area contributed by atoms with Crippen molar-refractivity contribution in [2.75, 3.05) is 0 Å². The summed E-state index contributed by atoms with van der Waals surface area (Å²) in [5.74, 6) is -0.483. The third-order valence-electron chi connectivity index (χ3n) is 3.77. The molecule has 0 N–H and O–H groups in total. The molecule has 0 aliphatic rings. The van der Waals surface area contributed by atoms with Crippen molar-refractivity contribution in [3.63, 3.8) is 0 Å². The Morgan fingerprint density at radius 3 is 2.16 bits per heavy atom. The molecular formula is C18H17FN2O2S2. The number of hydrogen-bond acceptors (Lipinski definition) is 4. The van der Waals surface area contributed by atoms with Crippen molar-refractivity contribution in [3.8, 4) is 0 Å². The fraction of sp³-hybridized carbons (Fsp3) is 0.167. The molecule has 4 nitrogen and oxygen atoms in total. The summed E-state index contributed by atoms with van der Waals surface area (Å²) < 4.78 is 39.7. The van der Waals surface area contributed by atoms with Crippen LogP contribution in [-0.4, -0.2) is 17.6 Å². The van der Waals surface area contributed by atoms with Crippen LogP contribution in [0.2, 0.25) is 0 Å². The molecular weight excluding hydrogens is 359 g/mol. The second-order valence-corrected chi connectivity index (χ2v) is 8.57. The molecule has 0 unspecified atom stereocenters. The van der Waals surface area contributed by atoms with Crippen molar-refractivity contribution >= 4 is 21.8 Å². The minimum atomic E-state index is -3.86. The van der Waals surface area contributed by atoms with E-state index in [1.807, 2.05) is 31.2 Å². The van der Waals surface area contributed by atoms with Crippen LogP contribution in [0.15, 0.2) is 63.2 Å². The molecule has 0 spiro atoms. The van der Waals surface area contributed by atoms with Crippen LogP contribution in [0.4, 0.5) is 4.39 Å². The van der Waals surface area contributed by atoms with Gasteiger partial charge in [0, 0.05) is 4.90 Å². The van der Waals surface area contributed by atoms with Gasteiger partial charge in [-0.1, -0.05) is 29.5 Å². The maximum atomic E-state index is 13.1. The van der Waals surface area contributed by atoms with Crippen molar-refractivity contribution in [2.24, 2.45) is 0 Å². The third-order valence-corrected chi connectivity index (χ3v) is 6.75. The highest BCUT2D eigenvalue weighted by Gasteiger charge is 2.24. The van der Waals surface area contributed by atoms with Crippen LogP contribution in [0.3, 0.4) is 0 Å². The van der Waals surface area contributed by atoms with E-state index in [-0.39, 0.29) is 4.90 Å². The van der Waals surface area contributed by atoms with Crippen LogP contribution < -0.4 is 0 Å². The predicted molar refractivity (Wildman–Crippen MR) is 96.0 cm³/mol. The SMILES string of the molecule is Cc1ccc(Sc2c(C)nn(S(=O)(=O)c3ccc(F)cc3)c2C)cc1. The monoisotopic (exact) mass is 376 g/mol. The Kier molecular flexibility index (Phi) is 4.71. The lowest BCUT2D eigenvalue weighted by Gasteiger charge is -2.07. The Morgan fingerprint density at radius 1 is 0.960 bits per heavy atom. The fourth-order valence-corrected chi connectivity index (χ4v) is 4.77. The minimum Gasteiger partial charge on any atom is -0.207 e. The van der Waals surface area contributed by atoms with Gasteiger partial charge in [-0.25, -0.2) is 4.39 Å². The van der Waals surface area contributed by atoms with Gasteiger partial charge in [0.15, 0.2) is 0 Å². The van der Waals surface area contributed by atoms with Crippen molar-refractivity contribution in [3.05, 3.63) is 71.3 Å². The topological polar surface area (TPSA) is 52.0 Å². The van der Waals surface area contributed by atoms with E-state index in [0.717, 1.165) is 31.6 Å². The molecule has 0 aliphatic carbocycles. The number of halogens is 1. The van der Waals surface area contributed by atoms with E-state index < -0.39 is 15.8 Å². The second kappa shape index (κ2) is 6.65. The molecule has 1 aromatic heterocycles. The Labute approximate surface area is 150 Å². The highest BCUT2D eigenvalue weighted by Crippen LogP contribution is 2.34. The van der Waals surface area contributed by atoms with Crippen LogP contribution >= 0.6 is 11.8 Å². The number of aryl methyl sites for hydroxylation is 2. The van der Waals surface area contributed by atoms with Gasteiger partial charge in [-0.05, 0) is 57.2 Å². The quantitative estimate of drug-likeness (QED) is 0.680. The molecule has 25 heavy (non-hydrogen) atoms. The first-order valence-corrected chi connectivity index (χ1v) is 9.86. The lowest BCUT2D eigenvalue weighted by atomic mass is 10.2. The Morgan fingerprint density at radius 2 is 1.56 bits per heavy atom. The molecule has 0 aliphatic heterocycles. The summed E-state index contributed by atoms with van der Waals surface area (Å²) in [6.45, 7) is 5.51. The molecule has 0 radical (unpaired) electrons. The molecule has 0 bridgehead atoms. The summed E-state index contributed by atoms with van der Waals surface area (Å²) in [7, 11) is -3.86. The summed E-state index contributed by atoms with van der Waals surface area (Å²) in [6.07, 6.45) is 0. The van der Waals surface area contributed by atoms with E-state index in [1.165, 1.54) is 23.9 Å². The van der Waals surface area contributed by atoms with Gasteiger partial charge < -0.3 is 0 Å². The first-order valence-electron chi connectivity index (χ1n) is 7.61. The number of aromatic nitrogens is 2. The van der Waals surface area contributed by atoms with Crippen LogP contribution in [0.5, 0.6) is 0 Å². The largest absolute Gasteiger partial charge is 0.283 e. The average molecular weight is 376 g/mol. The van der Waals surface area contributed by atoms with Crippen molar-refractivity contribution in [2.45, 2.75) is 35.5 Å². The van der Waals surface area contributed by atoms with Crippen molar-refractivity contribution in [1.82, 2.24) is 9.19 Å². The first kappa shape index (κ1) is 17.7. The zero-order valence-electron chi connectivity index (χ0n) is 14.0. The van der Waals surface area contributed by atoms with Gasteiger partial charge in [-0.15, -0.1) is 0 Å². The highest BCUT2D eigenvalue weighted by atomic mass is 32.2. The van der Waals surface area contributed by atoms with Gasteiger partial charge in [-0.2, -0.15) is 17.6 Å². The van der Waals surface area contributed by atoms with Gasteiger partial charge in [0.25, 0.3) is 10.0 Å². The van der Waals surface area contributed by atoms with Crippen molar-refractivity contribution in [1.29, 1.82) is 0 Å². The van der Waals surface area contributed by atoms with E-state index in [2.05, 4.69) is 5.10 Å². The zero-order valence-corrected chi connectivity index (χ0v) is 15.7. The van der Waals surface area contributed by atoms with Gasteiger partial charge >= 0.3 is 0 Å². The Balaban J connectivity index is 2.01. The summed E-state index contributed by atoms with van der Waals surface area (Å²) in [5.41, 5.74) is 2.33. The summed E-state index contributed by atoms with van der Waals surface area (Å²) >= 11 is 1.48. The smallest absolute Gasteiger partial charge is 0.207 e. The van der Waals surface area contributed by atoms with E-state index >= 15 is 0 Å². The summed E-state index contributed by atoms with van der Waals surface area (Å²) in [4.78, 5) is 1.82. The number of nitrogens with zero attached hydrogens (tertiary/aromatic N) is 2. The Bertz CT molecular complexity index is 1010. The lowest BCUT2D eigenvalue weighted by molar-refractivity contribution is 0.576. The summed E-state index contributed by atoms with van der Waals surface area (Å²) in [6, 6.07) is 12.7. The molecule has 3 rings (SSSR count). The molecule has 0 saturated heterocycles. The molecule has 7 heteroatoms. The molecule has 130 valence electrons. The van der Waals surface area contributed by atoms with Gasteiger partial charge in [0.2, 0.25) is 0 Å². The zero-order chi connectivity index (χ0) is 18.2. The van der Waals surface area contributed by atoms with E-state index in [0.29, 0.717) is 11.4 Å². The number of hydrogen-bond donors (Lipinski definition) is 0. The van der Waals surface area contributed by atoms with Crippen LogP contribution in [0, 0.1) is 26.6 Å². The normalized spacial score (nSPS) is 11.7. The van der Waals surface area contributed by atoms with Crippen LogP contribution in [-0.2, 0) is 10.0 Å². The fourth-order valence-electron chi connectivity index (χ4n) is 2.42. The van der Waals surface area contributed by atoms with Crippen LogP contribution in [0.25, 0.3) is 0 Å². The number of rotatable bonds is 4. The molecule has 3 aromatic rings. The molecule has 0 fully saturated rings. The molecule has 2 aromatic carbocycles. The average Bonchev–Trinajstić information content (AvgIpc) is 2.86. The van der Waals surface area contributed by atoms with E-state index in [1.54, 1.807) is 13.8 Å². The molecule has 0 atom stereocenters. The molecule has 0 amide bonds. The maximum absolute atomic E-state index is 13.1. The minimum absolute atomic E-state index is 0.00591. The number of benzene rings is 2. The van der Waals surface area contributed by atoms with Gasteiger partial charge in [0.1, 0.15) is 5.82 Å². The first-order chi connectivity index (χ1) is 11.8. The predicted octanol–water partition coefficient (Wildman–Crippen LogP) is 4.34. The van der Waals surface area contributed by atoms with Crippen LogP contribution in [0.1, 0.15) is 17.0 Å². The second-order valence-electron chi connectivity index (χ2n) is 5.72. The molecule has 0 saturated carbocycles. The third kappa shape index (κ3) is 3.48. The maximum Gasteiger partial charge on any atom is 0.283 e. The van der Waals surface area contributed by atoms with Crippen molar-refractivity contribution < 1.29 is 12.8 Å². The van der Waals surface area contributed by atoms with E-state index in [4.69, 9.17) is 0 Å². The standard InChI is InChI=1S/C18H17FN2O2S2/c1-12-4-8-16(9-5-12)24-18-13(2)20-21(14(18)3)25(22,23)17-10-6-15(19)7-11-17/h4-11H,1-3H3. The van der Waals surface area contributed by atoms with E-state index in [9.17, 15) is 12.8 Å². The summed E-state index contributed by atoms with van der Waals surface area (Å²) in [5, 5.41) is 4.21. The van der Waals surface area contributed by atoms with Gasteiger partial charge in [0.05, 0.1) is 21.2 Å².